The van der Waals surface area contributed by atoms with Gasteiger partial charge in [0.15, 0.2) is 0 Å². The van der Waals surface area contributed by atoms with Crippen LogP contribution >= 0.6 is 11.6 Å². The first-order valence-corrected chi connectivity index (χ1v) is 5.18. The number of nitrogens with zero attached hydrogens (tertiary/aromatic N) is 1. The molecule has 0 saturated heterocycles. The number of rotatable bonds is 3. The summed E-state index contributed by atoms with van der Waals surface area (Å²) in [5, 5.41) is -0.0656. The smallest absolute Gasteiger partial charge is 0.417 e. The molecule has 18 heavy (non-hydrogen) atoms. The van der Waals surface area contributed by atoms with Gasteiger partial charge in [0.1, 0.15) is 5.15 Å². The van der Waals surface area contributed by atoms with Gasteiger partial charge in [0, 0.05) is 11.8 Å². The van der Waals surface area contributed by atoms with Gasteiger partial charge in [-0.15, -0.1) is 0 Å². The predicted molar refractivity (Wildman–Crippen MR) is 59.9 cm³/mol. The van der Waals surface area contributed by atoms with Crippen molar-refractivity contribution in [2.45, 2.75) is 12.6 Å². The molecule has 0 atom stereocenters. The molecule has 7 heteroatoms. The third kappa shape index (κ3) is 4.03. The Morgan fingerprint density at radius 3 is 2.78 bits per heavy atom. The first-order valence-electron chi connectivity index (χ1n) is 4.80. The number of hydrogen-bond acceptors (Lipinski definition) is 3. The minimum Gasteiger partial charge on any atom is -0.469 e. The molecule has 0 unspecified atom stereocenters. The largest absolute Gasteiger partial charge is 0.469 e. The molecule has 0 saturated carbocycles. The van der Waals surface area contributed by atoms with Crippen molar-refractivity contribution in [3.63, 3.8) is 0 Å². The van der Waals surface area contributed by atoms with E-state index < -0.39 is 17.7 Å². The number of methoxy groups -OCH3 is 1. The number of pyridine rings is 1. The van der Waals surface area contributed by atoms with Crippen molar-refractivity contribution in [1.29, 1.82) is 0 Å². The molecule has 0 aliphatic rings. The van der Waals surface area contributed by atoms with E-state index in [-0.39, 0.29) is 17.1 Å². The number of carbonyl (C=O) groups is 1. The van der Waals surface area contributed by atoms with E-state index in [1.807, 2.05) is 0 Å². The lowest BCUT2D eigenvalue weighted by Crippen LogP contribution is -2.06. The lowest BCUT2D eigenvalue weighted by molar-refractivity contribution is -0.139. The molecular weight excluding hydrogens is 271 g/mol. The highest BCUT2D eigenvalue weighted by atomic mass is 35.5. The fourth-order valence-corrected chi connectivity index (χ4v) is 1.27. The Hall–Kier alpha value is -1.56. The van der Waals surface area contributed by atoms with E-state index in [2.05, 4.69) is 9.72 Å². The van der Waals surface area contributed by atoms with Crippen LogP contribution < -0.4 is 0 Å². The predicted octanol–water partition coefficient (Wildman–Crippen LogP) is 3.33. The number of halogens is 4. The SMILES string of the molecule is COC(=O)CC=Cc1cc(C(F)(F)F)cnc1Cl. The zero-order valence-electron chi connectivity index (χ0n) is 9.29. The summed E-state index contributed by atoms with van der Waals surface area (Å²) in [6.45, 7) is 0. The van der Waals surface area contributed by atoms with Gasteiger partial charge in [-0.3, -0.25) is 4.79 Å². The standard InChI is InChI=1S/C11H9ClF3NO2/c1-18-9(17)4-2-3-7-5-8(11(13,14)15)6-16-10(7)12/h2-3,5-6H,4H2,1H3. The molecule has 0 aliphatic carbocycles. The van der Waals surface area contributed by atoms with Crippen molar-refractivity contribution in [1.82, 2.24) is 4.98 Å². The van der Waals surface area contributed by atoms with Crippen LogP contribution in [0.5, 0.6) is 0 Å². The first-order chi connectivity index (χ1) is 8.34. The Balaban J connectivity index is 2.91. The summed E-state index contributed by atoms with van der Waals surface area (Å²) in [6.07, 6.45) is -1.23. The average molecular weight is 280 g/mol. The molecule has 0 radical (unpaired) electrons. The molecular formula is C11H9ClF3NO2. The number of aromatic nitrogens is 1. The van der Waals surface area contributed by atoms with Crippen LogP contribution in [0.4, 0.5) is 13.2 Å². The average Bonchev–Trinajstić information content (AvgIpc) is 2.29. The van der Waals surface area contributed by atoms with Crippen LogP contribution in [0.25, 0.3) is 6.08 Å². The molecule has 0 N–H and O–H groups in total. The van der Waals surface area contributed by atoms with Gasteiger partial charge in [-0.25, -0.2) is 4.98 Å². The summed E-state index contributed by atoms with van der Waals surface area (Å²) < 4.78 is 41.6. The highest BCUT2D eigenvalue weighted by molar-refractivity contribution is 6.30. The zero-order valence-corrected chi connectivity index (χ0v) is 10.0. The van der Waals surface area contributed by atoms with E-state index >= 15 is 0 Å². The number of carbonyl (C=O) groups excluding carboxylic acids is 1. The van der Waals surface area contributed by atoms with Gasteiger partial charge in [-0.1, -0.05) is 23.8 Å². The Bertz CT molecular complexity index is 472. The molecule has 0 spiro atoms. The summed E-state index contributed by atoms with van der Waals surface area (Å²) in [4.78, 5) is 14.3. The maximum Gasteiger partial charge on any atom is 0.417 e. The van der Waals surface area contributed by atoms with Gasteiger partial charge in [-0.05, 0) is 6.07 Å². The highest BCUT2D eigenvalue weighted by Gasteiger charge is 2.31. The van der Waals surface area contributed by atoms with Gasteiger partial charge < -0.3 is 4.74 Å². The first kappa shape index (κ1) is 14.5. The van der Waals surface area contributed by atoms with Crippen LogP contribution in [0, 0.1) is 0 Å². The Morgan fingerprint density at radius 2 is 2.22 bits per heavy atom. The Labute approximate surface area is 106 Å². The van der Waals surface area contributed by atoms with Crippen LogP contribution in [-0.4, -0.2) is 18.1 Å². The lowest BCUT2D eigenvalue weighted by Gasteiger charge is -2.07. The van der Waals surface area contributed by atoms with E-state index in [9.17, 15) is 18.0 Å². The van der Waals surface area contributed by atoms with E-state index in [0.717, 1.165) is 6.07 Å². The van der Waals surface area contributed by atoms with Gasteiger partial charge in [0.05, 0.1) is 19.1 Å². The molecule has 3 nitrogen and oxygen atoms in total. The van der Waals surface area contributed by atoms with Crippen LogP contribution in [0.15, 0.2) is 18.3 Å². The van der Waals surface area contributed by atoms with E-state index in [1.54, 1.807) is 0 Å². The van der Waals surface area contributed by atoms with Gasteiger partial charge in [0.25, 0.3) is 0 Å². The number of hydrogen-bond donors (Lipinski definition) is 0. The quantitative estimate of drug-likeness (QED) is 0.629. The summed E-state index contributed by atoms with van der Waals surface area (Å²) in [5.41, 5.74) is -0.806. The molecule has 1 heterocycles. The van der Waals surface area contributed by atoms with E-state index in [1.165, 1.54) is 19.3 Å². The lowest BCUT2D eigenvalue weighted by atomic mass is 10.2. The molecule has 98 valence electrons. The molecule has 0 bridgehead atoms. The summed E-state index contributed by atoms with van der Waals surface area (Å²) >= 11 is 5.65. The monoisotopic (exact) mass is 279 g/mol. The highest BCUT2D eigenvalue weighted by Crippen LogP contribution is 2.30. The third-order valence-corrected chi connectivity index (χ3v) is 2.32. The fraction of sp³-hybridized carbons (Fsp3) is 0.273. The van der Waals surface area contributed by atoms with Crippen molar-refractivity contribution in [2.24, 2.45) is 0 Å². The number of alkyl halides is 3. The van der Waals surface area contributed by atoms with Gasteiger partial charge in [-0.2, -0.15) is 13.2 Å². The van der Waals surface area contributed by atoms with Crippen molar-refractivity contribution in [3.8, 4) is 0 Å². The molecule has 1 rings (SSSR count). The molecule has 0 amide bonds. The van der Waals surface area contributed by atoms with Crippen LogP contribution in [-0.2, 0) is 15.7 Å². The molecule has 0 aromatic carbocycles. The molecule has 1 aromatic rings. The van der Waals surface area contributed by atoms with Crippen molar-refractivity contribution in [3.05, 3.63) is 34.6 Å². The van der Waals surface area contributed by atoms with Gasteiger partial charge in [0.2, 0.25) is 0 Å². The molecule has 1 aromatic heterocycles. The van der Waals surface area contributed by atoms with E-state index in [0.29, 0.717) is 6.20 Å². The summed E-state index contributed by atoms with van der Waals surface area (Å²) in [6, 6.07) is 0.864. The third-order valence-electron chi connectivity index (χ3n) is 2.00. The Morgan fingerprint density at radius 1 is 1.56 bits per heavy atom. The van der Waals surface area contributed by atoms with Crippen LogP contribution in [0.3, 0.4) is 0 Å². The zero-order chi connectivity index (χ0) is 13.8. The van der Waals surface area contributed by atoms with Crippen LogP contribution in [0.1, 0.15) is 17.5 Å². The maximum atomic E-state index is 12.4. The minimum absolute atomic E-state index is 0.0525. The van der Waals surface area contributed by atoms with Gasteiger partial charge >= 0.3 is 12.1 Å². The second kappa shape index (κ2) is 5.86. The topological polar surface area (TPSA) is 39.2 Å². The van der Waals surface area contributed by atoms with Crippen molar-refractivity contribution < 1.29 is 22.7 Å². The van der Waals surface area contributed by atoms with Crippen LogP contribution in [0.2, 0.25) is 5.15 Å². The van der Waals surface area contributed by atoms with Crippen molar-refractivity contribution >= 4 is 23.6 Å². The Kier molecular flexibility index (Phi) is 4.72. The second-order valence-electron chi connectivity index (χ2n) is 3.28. The number of ether oxygens (including phenoxy) is 1. The molecule has 0 aliphatic heterocycles. The maximum absolute atomic E-state index is 12.4. The number of esters is 1. The fourth-order valence-electron chi connectivity index (χ4n) is 1.10. The second-order valence-corrected chi connectivity index (χ2v) is 3.64. The van der Waals surface area contributed by atoms with Crippen molar-refractivity contribution in [2.75, 3.05) is 7.11 Å². The summed E-state index contributed by atoms with van der Waals surface area (Å²) in [7, 11) is 1.22. The molecule has 0 fully saturated rings. The van der Waals surface area contributed by atoms with E-state index in [4.69, 9.17) is 11.6 Å². The minimum atomic E-state index is -4.48. The summed E-state index contributed by atoms with van der Waals surface area (Å²) in [5.74, 6) is -0.498. The normalized spacial score (nSPS) is 11.8.